The second-order valence-corrected chi connectivity index (χ2v) is 3.18. The van der Waals surface area contributed by atoms with Gasteiger partial charge in [-0.1, -0.05) is 26.7 Å². The van der Waals surface area contributed by atoms with Gasteiger partial charge in [0.05, 0.1) is 12.7 Å². The summed E-state index contributed by atoms with van der Waals surface area (Å²) in [6, 6.07) is 0. The topological polar surface area (TPSA) is 52.5 Å². The van der Waals surface area contributed by atoms with Crippen molar-refractivity contribution in [2.75, 3.05) is 19.7 Å². The summed E-state index contributed by atoms with van der Waals surface area (Å²) in [5, 5.41) is 20.7. The Balaban J connectivity index is 3.28. The first-order chi connectivity index (χ1) is 5.74. The number of hydrogen-bond donors (Lipinski definition) is 3. The fourth-order valence-corrected chi connectivity index (χ4v) is 1.10. The van der Waals surface area contributed by atoms with Gasteiger partial charge in [-0.25, -0.2) is 0 Å². The lowest BCUT2D eigenvalue weighted by Gasteiger charge is -2.14. The summed E-state index contributed by atoms with van der Waals surface area (Å²) in [4.78, 5) is 0. The highest BCUT2D eigenvalue weighted by Crippen LogP contribution is 2.04. The molecular weight excluding hydrogens is 154 g/mol. The van der Waals surface area contributed by atoms with Crippen LogP contribution in [0.3, 0.4) is 0 Å². The minimum absolute atomic E-state index is 0.157. The van der Waals surface area contributed by atoms with E-state index in [9.17, 15) is 0 Å². The van der Waals surface area contributed by atoms with E-state index in [1.54, 1.807) is 0 Å². The molecule has 0 fully saturated rings. The molecule has 0 spiro atoms. The largest absolute Gasteiger partial charge is 0.394 e. The van der Waals surface area contributed by atoms with Gasteiger partial charge in [0.1, 0.15) is 0 Å². The van der Waals surface area contributed by atoms with Crippen LogP contribution in [0.2, 0.25) is 0 Å². The fourth-order valence-electron chi connectivity index (χ4n) is 1.10. The molecule has 0 amide bonds. The molecule has 3 N–H and O–H groups in total. The molecule has 0 aliphatic heterocycles. The predicted molar refractivity (Wildman–Crippen MR) is 50.0 cm³/mol. The highest BCUT2D eigenvalue weighted by Gasteiger charge is 2.04. The maximum absolute atomic E-state index is 9.00. The van der Waals surface area contributed by atoms with Crippen LogP contribution in [0.15, 0.2) is 0 Å². The van der Waals surface area contributed by atoms with Crippen molar-refractivity contribution in [1.82, 2.24) is 5.32 Å². The maximum Gasteiger partial charge on any atom is 0.0894 e. The van der Waals surface area contributed by atoms with Gasteiger partial charge >= 0.3 is 0 Å². The van der Waals surface area contributed by atoms with Crippen molar-refractivity contribution in [2.24, 2.45) is 5.92 Å². The van der Waals surface area contributed by atoms with Gasteiger partial charge in [0.15, 0.2) is 0 Å². The number of rotatable bonds is 7. The standard InChI is InChI=1S/C9H21NO2/c1-3-8(4-2)5-10-6-9(12)7-11/h8-12H,3-7H2,1-2H3. The summed E-state index contributed by atoms with van der Waals surface area (Å²) in [5.41, 5.74) is 0. The lowest BCUT2D eigenvalue weighted by Crippen LogP contribution is -2.32. The van der Waals surface area contributed by atoms with Gasteiger partial charge in [-0.15, -0.1) is 0 Å². The third-order valence-corrected chi connectivity index (χ3v) is 2.18. The quantitative estimate of drug-likeness (QED) is 0.524. The second kappa shape index (κ2) is 7.53. The Kier molecular flexibility index (Phi) is 7.45. The molecule has 0 aromatic carbocycles. The van der Waals surface area contributed by atoms with Gasteiger partial charge in [0.25, 0.3) is 0 Å². The third-order valence-electron chi connectivity index (χ3n) is 2.18. The first-order valence-electron chi connectivity index (χ1n) is 4.74. The molecule has 0 saturated carbocycles. The molecule has 0 aromatic rings. The molecule has 0 bridgehead atoms. The third kappa shape index (κ3) is 5.52. The Morgan fingerprint density at radius 2 is 1.75 bits per heavy atom. The second-order valence-electron chi connectivity index (χ2n) is 3.18. The van der Waals surface area contributed by atoms with Crippen LogP contribution in [-0.2, 0) is 0 Å². The number of hydrogen-bond acceptors (Lipinski definition) is 3. The van der Waals surface area contributed by atoms with Gasteiger partial charge in [0, 0.05) is 6.54 Å². The van der Waals surface area contributed by atoms with Crippen LogP contribution in [0.4, 0.5) is 0 Å². The van der Waals surface area contributed by atoms with E-state index < -0.39 is 6.10 Å². The Morgan fingerprint density at radius 1 is 1.17 bits per heavy atom. The van der Waals surface area contributed by atoms with E-state index in [1.807, 2.05) is 0 Å². The van der Waals surface area contributed by atoms with Gasteiger partial charge in [-0.2, -0.15) is 0 Å². The first kappa shape index (κ1) is 11.9. The van der Waals surface area contributed by atoms with Crippen molar-refractivity contribution in [3.05, 3.63) is 0 Å². The molecule has 3 nitrogen and oxygen atoms in total. The number of nitrogens with one attached hydrogen (secondary N) is 1. The Labute approximate surface area is 74.8 Å². The molecule has 3 heteroatoms. The fraction of sp³-hybridized carbons (Fsp3) is 1.00. The molecule has 0 rings (SSSR count). The predicted octanol–water partition coefficient (Wildman–Crippen LogP) is 0.365. The van der Waals surface area contributed by atoms with Crippen LogP contribution >= 0.6 is 0 Å². The molecule has 0 aliphatic carbocycles. The minimum Gasteiger partial charge on any atom is -0.394 e. The van der Waals surface area contributed by atoms with Crippen molar-refractivity contribution < 1.29 is 10.2 Å². The molecule has 0 radical (unpaired) electrons. The van der Waals surface area contributed by atoms with Crippen LogP contribution in [0, 0.1) is 5.92 Å². The average molecular weight is 175 g/mol. The lowest BCUT2D eigenvalue weighted by atomic mass is 10.0. The van der Waals surface area contributed by atoms with E-state index in [0.717, 1.165) is 6.54 Å². The van der Waals surface area contributed by atoms with E-state index in [-0.39, 0.29) is 6.61 Å². The zero-order chi connectivity index (χ0) is 9.40. The molecule has 12 heavy (non-hydrogen) atoms. The van der Waals surface area contributed by atoms with Gasteiger partial charge in [-0.05, 0) is 12.5 Å². The Hall–Kier alpha value is -0.120. The molecular formula is C9H21NO2. The van der Waals surface area contributed by atoms with Crippen LogP contribution in [0.1, 0.15) is 26.7 Å². The van der Waals surface area contributed by atoms with Crippen molar-refractivity contribution in [1.29, 1.82) is 0 Å². The molecule has 1 unspecified atom stereocenters. The van der Waals surface area contributed by atoms with Crippen molar-refractivity contribution in [3.8, 4) is 0 Å². The Bertz CT molecular complexity index is 94.5. The van der Waals surface area contributed by atoms with Gasteiger partial charge < -0.3 is 15.5 Å². The minimum atomic E-state index is -0.612. The molecule has 0 aromatic heterocycles. The van der Waals surface area contributed by atoms with E-state index in [2.05, 4.69) is 19.2 Å². The highest BCUT2D eigenvalue weighted by molar-refractivity contribution is 4.62. The molecule has 0 heterocycles. The normalized spacial score (nSPS) is 13.8. The summed E-state index contributed by atoms with van der Waals surface area (Å²) >= 11 is 0. The van der Waals surface area contributed by atoms with Crippen molar-refractivity contribution in [3.63, 3.8) is 0 Å². The molecule has 0 aliphatic rings. The Morgan fingerprint density at radius 3 is 2.17 bits per heavy atom. The summed E-state index contributed by atoms with van der Waals surface area (Å²) in [7, 11) is 0. The van der Waals surface area contributed by atoms with Crippen LogP contribution in [-0.4, -0.2) is 36.0 Å². The van der Waals surface area contributed by atoms with Gasteiger partial charge in [0.2, 0.25) is 0 Å². The summed E-state index contributed by atoms with van der Waals surface area (Å²) in [5.74, 6) is 0.691. The smallest absolute Gasteiger partial charge is 0.0894 e. The molecule has 74 valence electrons. The average Bonchev–Trinajstić information content (AvgIpc) is 2.12. The molecule has 0 saturated heterocycles. The lowest BCUT2D eigenvalue weighted by molar-refractivity contribution is 0.0935. The first-order valence-corrected chi connectivity index (χ1v) is 4.74. The van der Waals surface area contributed by atoms with Gasteiger partial charge in [-0.3, -0.25) is 0 Å². The maximum atomic E-state index is 9.00. The number of aliphatic hydroxyl groups is 2. The SMILES string of the molecule is CCC(CC)CNCC(O)CO. The van der Waals surface area contributed by atoms with Crippen LogP contribution < -0.4 is 5.32 Å². The zero-order valence-electron chi connectivity index (χ0n) is 8.08. The van der Waals surface area contributed by atoms with E-state index >= 15 is 0 Å². The van der Waals surface area contributed by atoms with E-state index in [4.69, 9.17) is 10.2 Å². The van der Waals surface area contributed by atoms with Crippen molar-refractivity contribution in [2.45, 2.75) is 32.8 Å². The summed E-state index contributed by atoms with van der Waals surface area (Å²) in [6.07, 6.45) is 1.72. The van der Waals surface area contributed by atoms with E-state index in [0.29, 0.717) is 12.5 Å². The number of aliphatic hydroxyl groups excluding tert-OH is 2. The van der Waals surface area contributed by atoms with Crippen LogP contribution in [0.25, 0.3) is 0 Å². The summed E-state index contributed by atoms with van der Waals surface area (Å²) in [6.45, 7) is 5.60. The zero-order valence-corrected chi connectivity index (χ0v) is 8.08. The summed E-state index contributed by atoms with van der Waals surface area (Å²) < 4.78 is 0. The van der Waals surface area contributed by atoms with E-state index in [1.165, 1.54) is 12.8 Å². The van der Waals surface area contributed by atoms with Crippen LogP contribution in [0.5, 0.6) is 0 Å². The monoisotopic (exact) mass is 175 g/mol. The molecule has 1 atom stereocenters. The highest BCUT2D eigenvalue weighted by atomic mass is 16.3. The van der Waals surface area contributed by atoms with Crippen molar-refractivity contribution >= 4 is 0 Å².